The first-order chi connectivity index (χ1) is 3.93. The molecule has 0 aromatic heterocycles. The van der Waals surface area contributed by atoms with Crippen LogP contribution >= 0.6 is 0 Å². The highest BCUT2D eigenvalue weighted by Gasteiger charge is 2.14. The van der Waals surface area contributed by atoms with Crippen LogP contribution in [0.3, 0.4) is 0 Å². The fourth-order valence-electron chi connectivity index (χ4n) is 0.897. The normalized spacial score (nSPS) is 30.4. The maximum Gasteiger partial charge on any atom is 0.321 e. The van der Waals surface area contributed by atoms with Gasteiger partial charge in [-0.2, -0.15) is 0 Å². The second-order valence-corrected chi connectivity index (χ2v) is 4.27. The first kappa shape index (κ1) is 6.26. The third-order valence-corrected chi connectivity index (χ3v) is 3.41. The summed E-state index contributed by atoms with van der Waals surface area (Å²) in [4.78, 5) is 0. The van der Waals surface area contributed by atoms with Crippen molar-refractivity contribution >= 4 is 9.28 Å². The van der Waals surface area contributed by atoms with Gasteiger partial charge in [0.1, 0.15) is 0 Å². The topological polar surface area (TPSA) is 18.5 Å². The molecule has 8 heavy (non-hydrogen) atoms. The van der Waals surface area contributed by atoms with Crippen molar-refractivity contribution < 1.29 is 8.85 Å². The zero-order valence-corrected chi connectivity index (χ0v) is 6.38. The molecule has 1 heterocycles. The minimum atomic E-state index is -1.11. The Kier molecular flexibility index (Phi) is 2.52. The summed E-state index contributed by atoms with van der Waals surface area (Å²) in [5, 5.41) is 0. The molecule has 1 atom stereocenters. The number of hydrogen-bond donors (Lipinski definition) is 0. The van der Waals surface area contributed by atoms with Gasteiger partial charge in [-0.1, -0.05) is 0 Å². The highest BCUT2D eigenvalue weighted by molar-refractivity contribution is 6.44. The van der Waals surface area contributed by atoms with Gasteiger partial charge in [0, 0.05) is 13.7 Å². The van der Waals surface area contributed by atoms with E-state index in [4.69, 9.17) is 8.85 Å². The van der Waals surface area contributed by atoms with Gasteiger partial charge in [-0.05, 0) is 18.9 Å². The van der Waals surface area contributed by atoms with E-state index in [1.54, 1.807) is 7.11 Å². The molecule has 2 nitrogen and oxygen atoms in total. The van der Waals surface area contributed by atoms with Gasteiger partial charge in [-0.15, -0.1) is 0 Å². The molecule has 0 aromatic carbocycles. The highest BCUT2D eigenvalue weighted by atomic mass is 28.3. The van der Waals surface area contributed by atoms with Crippen molar-refractivity contribution in [1.29, 1.82) is 0 Å². The van der Waals surface area contributed by atoms with Crippen molar-refractivity contribution in [2.45, 2.75) is 18.9 Å². The van der Waals surface area contributed by atoms with Gasteiger partial charge in [-0.3, -0.25) is 0 Å². The molecule has 0 bridgehead atoms. The van der Waals surface area contributed by atoms with Crippen LogP contribution in [0.2, 0.25) is 6.04 Å². The molecule has 0 saturated carbocycles. The van der Waals surface area contributed by atoms with Crippen molar-refractivity contribution in [2.24, 2.45) is 0 Å². The van der Waals surface area contributed by atoms with E-state index in [-0.39, 0.29) is 0 Å². The molecule has 0 aliphatic carbocycles. The summed E-state index contributed by atoms with van der Waals surface area (Å²) < 4.78 is 10.5. The monoisotopic (exact) mass is 132 g/mol. The molecule has 0 radical (unpaired) electrons. The molecule has 1 aliphatic heterocycles. The van der Waals surface area contributed by atoms with Crippen LogP contribution in [0.15, 0.2) is 0 Å². The molecule has 0 spiro atoms. The Hall–Kier alpha value is 0.137. The number of hydrogen-bond acceptors (Lipinski definition) is 2. The maximum absolute atomic E-state index is 5.34. The first-order valence-corrected chi connectivity index (χ1v) is 4.84. The van der Waals surface area contributed by atoms with Crippen LogP contribution < -0.4 is 0 Å². The standard InChI is InChI=1S/C5H12O2Si/c1-6-8-5-3-2-4-7-8/h8H,2-5H2,1H3. The smallest absolute Gasteiger partial charge is 0.321 e. The third kappa shape index (κ3) is 1.58. The lowest BCUT2D eigenvalue weighted by molar-refractivity contribution is 0.205. The lowest BCUT2D eigenvalue weighted by Gasteiger charge is -2.18. The van der Waals surface area contributed by atoms with Gasteiger partial charge >= 0.3 is 9.28 Å². The van der Waals surface area contributed by atoms with Gasteiger partial charge < -0.3 is 8.85 Å². The van der Waals surface area contributed by atoms with Gasteiger partial charge in [0.25, 0.3) is 0 Å². The molecule has 0 N–H and O–H groups in total. The van der Waals surface area contributed by atoms with E-state index in [0.717, 1.165) is 6.61 Å². The molecule has 1 aliphatic rings. The van der Waals surface area contributed by atoms with Crippen molar-refractivity contribution in [3.8, 4) is 0 Å². The summed E-state index contributed by atoms with van der Waals surface area (Å²) in [5.41, 5.74) is 0. The Labute approximate surface area is 51.6 Å². The molecular weight excluding hydrogens is 120 g/mol. The number of rotatable bonds is 1. The zero-order chi connectivity index (χ0) is 5.82. The van der Waals surface area contributed by atoms with Crippen LogP contribution in [0, 0.1) is 0 Å². The molecule has 3 heteroatoms. The third-order valence-electron chi connectivity index (χ3n) is 1.40. The van der Waals surface area contributed by atoms with Crippen LogP contribution in [-0.2, 0) is 8.85 Å². The maximum atomic E-state index is 5.34. The summed E-state index contributed by atoms with van der Waals surface area (Å²) >= 11 is 0. The molecular formula is C5H12O2Si. The lowest BCUT2D eigenvalue weighted by Crippen LogP contribution is -2.25. The molecule has 1 unspecified atom stereocenters. The second kappa shape index (κ2) is 3.22. The fourth-order valence-corrected chi connectivity index (χ4v) is 2.49. The summed E-state index contributed by atoms with van der Waals surface area (Å²) in [7, 11) is 0.647. The second-order valence-electron chi connectivity index (χ2n) is 2.03. The average molecular weight is 132 g/mol. The van der Waals surface area contributed by atoms with Gasteiger partial charge in [-0.25, -0.2) is 0 Å². The van der Waals surface area contributed by atoms with Gasteiger partial charge in [0.2, 0.25) is 0 Å². The van der Waals surface area contributed by atoms with Crippen LogP contribution in [0.1, 0.15) is 12.8 Å². The zero-order valence-electron chi connectivity index (χ0n) is 5.22. The summed E-state index contributed by atoms with van der Waals surface area (Å²) in [6.45, 7) is 0.935. The average Bonchev–Trinajstić information content (AvgIpc) is 1.90. The largest absolute Gasteiger partial charge is 0.400 e. The molecule has 0 aromatic rings. The van der Waals surface area contributed by atoms with Crippen LogP contribution in [-0.4, -0.2) is 23.0 Å². The van der Waals surface area contributed by atoms with Crippen molar-refractivity contribution in [1.82, 2.24) is 0 Å². The SMILES string of the molecule is CO[SiH]1CCCCO1. The Morgan fingerprint density at radius 1 is 1.50 bits per heavy atom. The van der Waals surface area contributed by atoms with Crippen molar-refractivity contribution in [3.05, 3.63) is 0 Å². The predicted octanol–water partition coefficient (Wildman–Crippen LogP) is 0.664. The van der Waals surface area contributed by atoms with E-state index in [2.05, 4.69) is 0 Å². The van der Waals surface area contributed by atoms with Gasteiger partial charge in [0.05, 0.1) is 0 Å². The van der Waals surface area contributed by atoms with E-state index >= 15 is 0 Å². The molecule has 1 saturated heterocycles. The van der Waals surface area contributed by atoms with Crippen molar-refractivity contribution in [2.75, 3.05) is 13.7 Å². The minimum absolute atomic E-state index is 0.935. The minimum Gasteiger partial charge on any atom is -0.400 e. The van der Waals surface area contributed by atoms with Crippen LogP contribution in [0.4, 0.5) is 0 Å². The highest BCUT2D eigenvalue weighted by Crippen LogP contribution is 2.09. The van der Waals surface area contributed by atoms with Crippen LogP contribution in [0.5, 0.6) is 0 Å². The molecule has 48 valence electrons. The molecule has 1 fully saturated rings. The van der Waals surface area contributed by atoms with E-state index < -0.39 is 9.28 Å². The fraction of sp³-hybridized carbons (Fsp3) is 1.00. The van der Waals surface area contributed by atoms with Gasteiger partial charge in [0.15, 0.2) is 0 Å². The lowest BCUT2D eigenvalue weighted by atomic mass is 10.4. The van der Waals surface area contributed by atoms with E-state index in [0.29, 0.717) is 0 Å². The van der Waals surface area contributed by atoms with Crippen molar-refractivity contribution in [3.63, 3.8) is 0 Å². The Balaban J connectivity index is 2.13. The Morgan fingerprint density at radius 2 is 2.38 bits per heavy atom. The molecule has 0 amide bonds. The summed E-state index contributed by atoms with van der Waals surface area (Å²) in [5.74, 6) is 0. The first-order valence-electron chi connectivity index (χ1n) is 3.08. The Morgan fingerprint density at radius 3 is 2.75 bits per heavy atom. The summed E-state index contributed by atoms with van der Waals surface area (Å²) in [6, 6.07) is 1.20. The van der Waals surface area contributed by atoms with E-state index in [9.17, 15) is 0 Å². The van der Waals surface area contributed by atoms with E-state index in [1.807, 2.05) is 0 Å². The summed E-state index contributed by atoms with van der Waals surface area (Å²) in [6.07, 6.45) is 2.54. The quantitative estimate of drug-likeness (QED) is 0.488. The Bertz CT molecular complexity index is 61.4. The van der Waals surface area contributed by atoms with E-state index in [1.165, 1.54) is 18.9 Å². The predicted molar refractivity (Wildman–Crippen MR) is 34.2 cm³/mol. The van der Waals surface area contributed by atoms with Crippen LogP contribution in [0.25, 0.3) is 0 Å². The molecule has 1 rings (SSSR count).